The molecule has 0 saturated carbocycles. The molecule has 0 spiro atoms. The van der Waals surface area contributed by atoms with Gasteiger partial charge < -0.3 is 4.90 Å². The first-order valence-corrected chi connectivity index (χ1v) is 10.5. The molecule has 2 heterocycles. The van der Waals surface area contributed by atoms with Crippen LogP contribution in [0.25, 0.3) is 5.69 Å². The van der Waals surface area contributed by atoms with E-state index in [1.165, 1.54) is 4.31 Å². The zero-order valence-corrected chi connectivity index (χ0v) is 16.4. The first-order chi connectivity index (χ1) is 14.3. The largest absolute Gasteiger partial charge is 0.416 e. The average molecular weight is 438 g/mol. The van der Waals surface area contributed by atoms with E-state index < -0.39 is 21.8 Å². The molecule has 1 aromatic heterocycles. The first-order valence-electron chi connectivity index (χ1n) is 9.03. The molecule has 1 aliphatic heterocycles. The second kappa shape index (κ2) is 7.69. The van der Waals surface area contributed by atoms with Gasteiger partial charge in [0.1, 0.15) is 0 Å². The lowest BCUT2D eigenvalue weighted by atomic mass is 10.2. The number of anilines is 1. The molecule has 0 bridgehead atoms. The van der Waals surface area contributed by atoms with E-state index in [9.17, 15) is 21.6 Å². The van der Waals surface area contributed by atoms with Gasteiger partial charge in [0.05, 0.1) is 16.1 Å². The predicted octanol–water partition coefficient (Wildman–Crippen LogP) is 2.19. The highest BCUT2D eigenvalue weighted by Crippen LogP contribution is 2.30. The Morgan fingerprint density at radius 1 is 0.867 bits per heavy atom. The number of aromatic nitrogens is 4. The van der Waals surface area contributed by atoms with E-state index in [1.54, 1.807) is 4.68 Å². The summed E-state index contributed by atoms with van der Waals surface area (Å²) in [5.74, 6) is 0.493. The molecule has 1 fully saturated rings. The van der Waals surface area contributed by atoms with Crippen molar-refractivity contribution in [3.05, 3.63) is 60.2 Å². The molecule has 1 saturated heterocycles. The Morgan fingerprint density at radius 2 is 1.50 bits per heavy atom. The summed E-state index contributed by atoms with van der Waals surface area (Å²) in [6.07, 6.45) is -4.52. The fourth-order valence-electron chi connectivity index (χ4n) is 3.21. The van der Waals surface area contributed by atoms with Crippen LogP contribution in [0.1, 0.15) is 5.56 Å². The lowest BCUT2D eigenvalue weighted by Gasteiger charge is -2.34. The van der Waals surface area contributed by atoms with Crippen LogP contribution in [-0.2, 0) is 16.2 Å². The summed E-state index contributed by atoms with van der Waals surface area (Å²) in [5.41, 5.74) is -0.115. The summed E-state index contributed by atoms with van der Waals surface area (Å²) in [4.78, 5) is 1.70. The smallest absolute Gasteiger partial charge is 0.337 e. The van der Waals surface area contributed by atoms with E-state index in [1.807, 2.05) is 35.2 Å². The van der Waals surface area contributed by atoms with Crippen molar-refractivity contribution in [2.75, 3.05) is 31.1 Å². The van der Waals surface area contributed by atoms with Gasteiger partial charge in [0, 0.05) is 26.2 Å². The highest BCUT2D eigenvalue weighted by molar-refractivity contribution is 7.89. The van der Waals surface area contributed by atoms with Crippen molar-refractivity contribution in [3.63, 3.8) is 0 Å². The molecule has 158 valence electrons. The number of tetrazole rings is 1. The number of para-hydroxylation sites is 1. The molecular formula is C18H17F3N6O2S. The molecule has 0 atom stereocenters. The van der Waals surface area contributed by atoms with Gasteiger partial charge in [0.2, 0.25) is 16.0 Å². The Labute approximate surface area is 170 Å². The summed E-state index contributed by atoms with van der Waals surface area (Å²) in [6.45, 7) is 0.996. The predicted molar refractivity (Wildman–Crippen MR) is 102 cm³/mol. The second-order valence-corrected chi connectivity index (χ2v) is 8.58. The van der Waals surface area contributed by atoms with Crippen LogP contribution in [-0.4, -0.2) is 59.1 Å². The van der Waals surface area contributed by atoms with Crippen LogP contribution in [0.5, 0.6) is 0 Å². The number of piperazine rings is 1. The number of benzene rings is 2. The molecule has 30 heavy (non-hydrogen) atoms. The van der Waals surface area contributed by atoms with Gasteiger partial charge in [0.15, 0.2) is 0 Å². The summed E-state index contributed by atoms with van der Waals surface area (Å²) >= 11 is 0. The van der Waals surface area contributed by atoms with Crippen molar-refractivity contribution in [3.8, 4) is 5.69 Å². The molecule has 0 aliphatic carbocycles. The Hall–Kier alpha value is -2.99. The van der Waals surface area contributed by atoms with E-state index in [0.29, 0.717) is 19.0 Å². The number of hydrogen-bond acceptors (Lipinski definition) is 6. The van der Waals surface area contributed by atoms with E-state index in [-0.39, 0.29) is 18.0 Å². The summed E-state index contributed by atoms with van der Waals surface area (Å²) in [5, 5.41) is 11.8. The number of alkyl halides is 3. The van der Waals surface area contributed by atoms with Gasteiger partial charge in [-0.2, -0.15) is 22.2 Å². The van der Waals surface area contributed by atoms with Crippen molar-refractivity contribution < 1.29 is 21.6 Å². The van der Waals surface area contributed by atoms with E-state index in [0.717, 1.165) is 30.0 Å². The molecule has 8 nitrogen and oxygen atoms in total. The number of hydrogen-bond donors (Lipinski definition) is 0. The first kappa shape index (κ1) is 20.3. The van der Waals surface area contributed by atoms with E-state index in [2.05, 4.69) is 15.5 Å². The molecule has 4 rings (SSSR count). The Morgan fingerprint density at radius 3 is 2.10 bits per heavy atom. The maximum atomic E-state index is 12.8. The maximum Gasteiger partial charge on any atom is 0.416 e. The highest BCUT2D eigenvalue weighted by atomic mass is 32.2. The second-order valence-electron chi connectivity index (χ2n) is 6.64. The minimum absolute atomic E-state index is 0.158. The molecule has 0 N–H and O–H groups in total. The standard InChI is InChI=1S/C18H17F3N6O2S/c19-18(20,21)14-6-8-16(9-7-14)30(28,29)26-12-10-25(11-13-26)17-22-23-24-27(17)15-4-2-1-3-5-15/h1-9H,10-13H2. The van der Waals surface area contributed by atoms with Crippen molar-refractivity contribution in [2.24, 2.45) is 0 Å². The Bertz CT molecular complexity index is 1110. The summed E-state index contributed by atoms with van der Waals surface area (Å²) in [7, 11) is -3.90. The molecule has 0 radical (unpaired) electrons. The highest BCUT2D eigenvalue weighted by Gasteiger charge is 2.33. The average Bonchev–Trinajstić information content (AvgIpc) is 3.24. The van der Waals surface area contributed by atoms with Crippen LogP contribution in [0, 0.1) is 0 Å². The van der Waals surface area contributed by atoms with Crippen molar-refractivity contribution in [1.29, 1.82) is 0 Å². The molecule has 3 aromatic rings. The molecular weight excluding hydrogens is 421 g/mol. The van der Waals surface area contributed by atoms with Gasteiger partial charge in [-0.25, -0.2) is 8.42 Å². The van der Waals surface area contributed by atoms with Gasteiger partial charge in [-0.05, 0) is 46.8 Å². The van der Waals surface area contributed by atoms with Gasteiger partial charge >= 0.3 is 6.18 Å². The topological polar surface area (TPSA) is 84.2 Å². The molecule has 12 heteroatoms. The number of sulfonamides is 1. The minimum Gasteiger partial charge on any atom is -0.337 e. The van der Waals surface area contributed by atoms with Gasteiger partial charge in [0.25, 0.3) is 0 Å². The number of halogens is 3. The monoisotopic (exact) mass is 438 g/mol. The van der Waals surface area contributed by atoms with E-state index >= 15 is 0 Å². The summed E-state index contributed by atoms with van der Waals surface area (Å²) in [6, 6.07) is 12.8. The minimum atomic E-state index is -4.52. The van der Waals surface area contributed by atoms with Crippen molar-refractivity contribution in [1.82, 2.24) is 24.5 Å². The van der Waals surface area contributed by atoms with Crippen LogP contribution >= 0.6 is 0 Å². The SMILES string of the molecule is O=S(=O)(c1ccc(C(F)(F)F)cc1)N1CCN(c2nnnn2-c2ccccc2)CC1. The van der Waals surface area contributed by atoms with Crippen LogP contribution < -0.4 is 4.90 Å². The van der Waals surface area contributed by atoms with Crippen molar-refractivity contribution >= 4 is 16.0 Å². The fourth-order valence-corrected chi connectivity index (χ4v) is 4.63. The zero-order valence-electron chi connectivity index (χ0n) is 15.6. The van der Waals surface area contributed by atoms with Crippen LogP contribution in [0.4, 0.5) is 19.1 Å². The molecule has 2 aromatic carbocycles. The molecule has 0 unspecified atom stereocenters. The van der Waals surface area contributed by atoms with Gasteiger partial charge in [-0.3, -0.25) is 0 Å². The third kappa shape index (κ3) is 3.87. The van der Waals surface area contributed by atoms with Crippen LogP contribution in [0.15, 0.2) is 59.5 Å². The van der Waals surface area contributed by atoms with Gasteiger partial charge in [-0.1, -0.05) is 23.3 Å². The fraction of sp³-hybridized carbons (Fsp3) is 0.278. The third-order valence-electron chi connectivity index (χ3n) is 4.79. The van der Waals surface area contributed by atoms with Gasteiger partial charge in [-0.15, -0.1) is 0 Å². The number of nitrogens with zero attached hydrogens (tertiary/aromatic N) is 6. The number of rotatable bonds is 4. The Kier molecular flexibility index (Phi) is 5.20. The van der Waals surface area contributed by atoms with Crippen LogP contribution in [0.2, 0.25) is 0 Å². The van der Waals surface area contributed by atoms with Crippen molar-refractivity contribution in [2.45, 2.75) is 11.1 Å². The quantitative estimate of drug-likeness (QED) is 0.621. The van der Waals surface area contributed by atoms with E-state index in [4.69, 9.17) is 0 Å². The van der Waals surface area contributed by atoms with Crippen LogP contribution in [0.3, 0.4) is 0 Å². The third-order valence-corrected chi connectivity index (χ3v) is 6.71. The summed E-state index contributed by atoms with van der Waals surface area (Å²) < 4.78 is 66.6. The lowest BCUT2D eigenvalue weighted by Crippen LogP contribution is -2.49. The normalized spacial score (nSPS) is 16.0. The molecule has 0 amide bonds. The maximum absolute atomic E-state index is 12.8. The molecule has 1 aliphatic rings. The Balaban J connectivity index is 1.48. The lowest BCUT2D eigenvalue weighted by molar-refractivity contribution is -0.137. The zero-order chi connectivity index (χ0) is 21.4.